The lowest BCUT2D eigenvalue weighted by atomic mass is 10.5. The van der Waals surface area contributed by atoms with Gasteiger partial charge in [0.05, 0.1) is 0 Å². The van der Waals surface area contributed by atoms with Crippen LogP contribution in [-0.4, -0.2) is 22.4 Å². The van der Waals surface area contributed by atoms with Gasteiger partial charge in [0.15, 0.2) is 0 Å². The minimum atomic E-state index is -0.517. The molecule has 1 aromatic heterocycles. The molecule has 0 aliphatic rings. The fourth-order valence-electron chi connectivity index (χ4n) is 0.723. The van der Waals surface area contributed by atoms with Crippen molar-refractivity contribution in [2.75, 3.05) is 17.7 Å². The molecule has 1 rings (SSSR count). The van der Waals surface area contributed by atoms with Crippen LogP contribution < -0.4 is 16.6 Å². The van der Waals surface area contributed by atoms with Crippen molar-refractivity contribution in [1.29, 1.82) is 0 Å². The van der Waals surface area contributed by atoms with Crippen molar-refractivity contribution < 1.29 is 0 Å². The van der Waals surface area contributed by atoms with Crippen molar-refractivity contribution in [2.24, 2.45) is 0 Å². The summed E-state index contributed by atoms with van der Waals surface area (Å²) in [4.78, 5) is 25.9. The van der Waals surface area contributed by atoms with E-state index in [9.17, 15) is 9.59 Å². The molecule has 0 unspecified atom stereocenters. The van der Waals surface area contributed by atoms with Gasteiger partial charge in [-0.15, -0.1) is 11.6 Å². The van der Waals surface area contributed by atoms with E-state index in [1.165, 1.54) is 6.20 Å². The van der Waals surface area contributed by atoms with E-state index in [0.717, 1.165) is 0 Å². The van der Waals surface area contributed by atoms with E-state index >= 15 is 0 Å². The van der Waals surface area contributed by atoms with Crippen LogP contribution in [0.3, 0.4) is 0 Å². The summed E-state index contributed by atoms with van der Waals surface area (Å²) in [6, 6.07) is 0. The van der Waals surface area contributed by atoms with Crippen LogP contribution in [0.5, 0.6) is 0 Å². The Hall–Kier alpha value is -1.23. The maximum atomic E-state index is 11.0. The molecule has 0 fully saturated rings. The van der Waals surface area contributed by atoms with Gasteiger partial charge < -0.3 is 10.3 Å². The van der Waals surface area contributed by atoms with Crippen LogP contribution in [0, 0.1) is 0 Å². The molecule has 0 saturated heterocycles. The Bertz CT molecular complexity index is 356. The molecule has 0 bridgehead atoms. The van der Waals surface area contributed by atoms with Crippen molar-refractivity contribution in [2.45, 2.75) is 0 Å². The molecule has 0 amide bonds. The second-order valence-electron chi connectivity index (χ2n) is 2.10. The second-order valence-corrected chi connectivity index (χ2v) is 2.48. The van der Waals surface area contributed by atoms with E-state index in [4.69, 9.17) is 11.6 Å². The van der Waals surface area contributed by atoms with Gasteiger partial charge >= 0.3 is 5.69 Å². The fourth-order valence-corrected chi connectivity index (χ4v) is 0.818. The van der Waals surface area contributed by atoms with Crippen LogP contribution in [0.1, 0.15) is 0 Å². The van der Waals surface area contributed by atoms with Crippen molar-refractivity contribution in [1.82, 2.24) is 9.97 Å². The third-order valence-corrected chi connectivity index (χ3v) is 1.42. The summed E-state index contributed by atoms with van der Waals surface area (Å²) in [5.74, 6) is 0.401. The largest absolute Gasteiger partial charge is 0.378 e. The number of hydrogen-bond acceptors (Lipinski definition) is 3. The van der Waals surface area contributed by atoms with Crippen molar-refractivity contribution in [3.05, 3.63) is 27.0 Å². The van der Waals surface area contributed by atoms with Gasteiger partial charge in [0, 0.05) is 18.6 Å². The van der Waals surface area contributed by atoms with Crippen molar-refractivity contribution in [3.63, 3.8) is 0 Å². The molecule has 6 heteroatoms. The summed E-state index contributed by atoms with van der Waals surface area (Å²) in [6.45, 7) is 0.483. The van der Waals surface area contributed by atoms with Crippen LogP contribution in [-0.2, 0) is 0 Å². The number of hydrogen-bond donors (Lipinski definition) is 3. The smallest absolute Gasteiger partial charge is 0.325 e. The third-order valence-electron chi connectivity index (χ3n) is 1.23. The molecule has 0 saturated carbocycles. The normalized spacial score (nSPS) is 9.75. The number of nitrogens with one attached hydrogen (secondary N) is 3. The molecular weight excluding hydrogens is 182 g/mol. The molecule has 1 heterocycles. The molecule has 3 N–H and O–H groups in total. The summed E-state index contributed by atoms with van der Waals surface area (Å²) >= 11 is 5.39. The van der Waals surface area contributed by atoms with Gasteiger partial charge in [0.1, 0.15) is 5.69 Å². The highest BCUT2D eigenvalue weighted by Gasteiger charge is 1.96. The minimum absolute atomic E-state index is 0.315. The van der Waals surface area contributed by atoms with E-state index in [1.807, 2.05) is 0 Å². The van der Waals surface area contributed by atoms with Gasteiger partial charge in [-0.2, -0.15) is 0 Å². The summed E-state index contributed by atoms with van der Waals surface area (Å²) in [7, 11) is 0. The lowest BCUT2D eigenvalue weighted by molar-refractivity contribution is 1.02. The van der Waals surface area contributed by atoms with Crippen LogP contribution in [0.4, 0.5) is 5.69 Å². The van der Waals surface area contributed by atoms with Crippen molar-refractivity contribution in [3.8, 4) is 0 Å². The average Bonchev–Trinajstić information content (AvgIpc) is 2.03. The van der Waals surface area contributed by atoms with Crippen molar-refractivity contribution >= 4 is 17.3 Å². The molecule has 12 heavy (non-hydrogen) atoms. The van der Waals surface area contributed by atoms with E-state index in [2.05, 4.69) is 15.3 Å². The maximum absolute atomic E-state index is 11.0. The van der Waals surface area contributed by atoms with Gasteiger partial charge in [0.25, 0.3) is 5.56 Å². The number of H-pyrrole nitrogens is 2. The molecule has 1 aromatic rings. The Kier molecular flexibility index (Phi) is 2.93. The number of rotatable bonds is 3. The van der Waals surface area contributed by atoms with Crippen LogP contribution in [0.2, 0.25) is 0 Å². The van der Waals surface area contributed by atoms with Gasteiger partial charge in [0.2, 0.25) is 0 Å². The van der Waals surface area contributed by atoms with Crippen LogP contribution in [0.25, 0.3) is 0 Å². The highest BCUT2D eigenvalue weighted by atomic mass is 35.5. The summed E-state index contributed by atoms with van der Waals surface area (Å²) in [6.07, 6.45) is 1.31. The standard InChI is InChI=1S/C6H8ClN3O2/c7-1-2-8-4-3-9-6(12)10-5(4)11/h3,8H,1-2H2,(H2,9,10,11,12). The number of halogens is 1. The topological polar surface area (TPSA) is 77.8 Å². The number of aromatic amines is 2. The Labute approximate surface area is 72.8 Å². The molecule has 66 valence electrons. The molecular formula is C6H8ClN3O2. The zero-order valence-corrected chi connectivity index (χ0v) is 6.94. The first-order valence-electron chi connectivity index (χ1n) is 3.36. The first-order valence-corrected chi connectivity index (χ1v) is 3.89. The molecule has 0 atom stereocenters. The lowest BCUT2D eigenvalue weighted by Crippen LogP contribution is -2.24. The molecule has 0 aromatic carbocycles. The lowest BCUT2D eigenvalue weighted by Gasteiger charge is -1.99. The quantitative estimate of drug-likeness (QED) is 0.572. The van der Waals surface area contributed by atoms with Gasteiger partial charge in [-0.25, -0.2) is 4.79 Å². The third kappa shape index (κ3) is 2.13. The van der Waals surface area contributed by atoms with Gasteiger partial charge in [-0.05, 0) is 0 Å². The second kappa shape index (κ2) is 3.96. The summed E-state index contributed by atoms with van der Waals surface area (Å²) in [5, 5.41) is 2.74. The minimum Gasteiger partial charge on any atom is -0.378 e. The van der Waals surface area contributed by atoms with Crippen LogP contribution >= 0.6 is 11.6 Å². The molecule has 5 nitrogen and oxygen atoms in total. The molecule has 0 aliphatic carbocycles. The Balaban J connectivity index is 2.87. The van der Waals surface area contributed by atoms with E-state index in [1.54, 1.807) is 0 Å². The Morgan fingerprint density at radius 2 is 2.25 bits per heavy atom. The predicted molar refractivity (Wildman–Crippen MR) is 46.9 cm³/mol. The highest BCUT2D eigenvalue weighted by Crippen LogP contribution is 1.90. The zero-order chi connectivity index (χ0) is 8.97. The first kappa shape index (κ1) is 8.86. The Morgan fingerprint density at radius 3 is 2.83 bits per heavy atom. The first-order chi connectivity index (χ1) is 5.74. The fraction of sp³-hybridized carbons (Fsp3) is 0.333. The Morgan fingerprint density at radius 1 is 1.50 bits per heavy atom. The highest BCUT2D eigenvalue weighted by molar-refractivity contribution is 6.18. The zero-order valence-electron chi connectivity index (χ0n) is 6.19. The average molecular weight is 190 g/mol. The van der Waals surface area contributed by atoms with E-state index in [0.29, 0.717) is 18.1 Å². The predicted octanol–water partition coefficient (Wildman–Crippen LogP) is -0.286. The summed E-state index contributed by atoms with van der Waals surface area (Å²) < 4.78 is 0. The van der Waals surface area contributed by atoms with Gasteiger partial charge in [-0.1, -0.05) is 0 Å². The van der Waals surface area contributed by atoms with E-state index in [-0.39, 0.29) is 0 Å². The number of anilines is 1. The molecule has 0 spiro atoms. The summed E-state index contributed by atoms with van der Waals surface area (Å²) in [5.41, 5.74) is -0.643. The maximum Gasteiger partial charge on any atom is 0.325 e. The van der Waals surface area contributed by atoms with E-state index < -0.39 is 11.2 Å². The van der Waals surface area contributed by atoms with Gasteiger partial charge in [-0.3, -0.25) is 9.78 Å². The number of aromatic nitrogens is 2. The van der Waals surface area contributed by atoms with Crippen LogP contribution in [0.15, 0.2) is 15.8 Å². The molecule has 0 aliphatic heterocycles. The number of alkyl halides is 1. The molecule has 0 radical (unpaired) electrons. The monoisotopic (exact) mass is 189 g/mol. The SMILES string of the molecule is O=c1[nH]cc(NCCCl)c(=O)[nH]1.